The quantitative estimate of drug-likeness (QED) is 0.787. The lowest BCUT2D eigenvalue weighted by Gasteiger charge is -2.34. The van der Waals surface area contributed by atoms with Crippen molar-refractivity contribution in [3.63, 3.8) is 0 Å². The highest BCUT2D eigenvalue weighted by molar-refractivity contribution is 7.89. The summed E-state index contributed by atoms with van der Waals surface area (Å²) >= 11 is 0. The molecule has 156 valence electrons. The SMILES string of the molecule is Cc1ccc(C)c(S(=O)(=O)N2CCN(C(=O)CN[C@H](C)c3ccccc3)CC2)c1. The molecule has 0 aromatic heterocycles. The molecule has 3 rings (SSSR count). The average molecular weight is 416 g/mol. The van der Waals surface area contributed by atoms with Gasteiger partial charge in [0.25, 0.3) is 0 Å². The molecule has 7 heteroatoms. The van der Waals surface area contributed by atoms with Gasteiger partial charge in [0.2, 0.25) is 15.9 Å². The smallest absolute Gasteiger partial charge is 0.243 e. The van der Waals surface area contributed by atoms with Crippen molar-refractivity contribution in [1.29, 1.82) is 0 Å². The first-order chi connectivity index (χ1) is 13.8. The standard InChI is InChI=1S/C22H29N3O3S/c1-17-9-10-18(2)21(15-17)29(27,28)25-13-11-24(12-14-25)22(26)16-23-19(3)20-7-5-4-6-8-20/h4-10,15,19,23H,11-14,16H2,1-3H3/t19-/m1/s1. The van der Waals surface area contributed by atoms with Gasteiger partial charge >= 0.3 is 0 Å². The summed E-state index contributed by atoms with van der Waals surface area (Å²) < 4.78 is 27.5. The van der Waals surface area contributed by atoms with Gasteiger partial charge in [0.1, 0.15) is 0 Å². The van der Waals surface area contributed by atoms with Crippen LogP contribution in [0.25, 0.3) is 0 Å². The first-order valence-electron chi connectivity index (χ1n) is 9.92. The Morgan fingerprint density at radius 2 is 1.69 bits per heavy atom. The van der Waals surface area contributed by atoms with Crippen molar-refractivity contribution >= 4 is 15.9 Å². The number of aryl methyl sites for hydroxylation is 2. The molecule has 0 radical (unpaired) electrons. The highest BCUT2D eigenvalue weighted by Crippen LogP contribution is 2.22. The summed E-state index contributed by atoms with van der Waals surface area (Å²) in [4.78, 5) is 14.6. The van der Waals surface area contributed by atoms with E-state index in [2.05, 4.69) is 5.32 Å². The monoisotopic (exact) mass is 415 g/mol. The zero-order valence-electron chi connectivity index (χ0n) is 17.3. The van der Waals surface area contributed by atoms with Gasteiger partial charge in [0.05, 0.1) is 11.4 Å². The summed E-state index contributed by atoms with van der Waals surface area (Å²) in [6.07, 6.45) is 0. The van der Waals surface area contributed by atoms with Gasteiger partial charge in [-0.05, 0) is 43.5 Å². The molecule has 0 aliphatic carbocycles. The van der Waals surface area contributed by atoms with Gasteiger partial charge in [0.15, 0.2) is 0 Å². The van der Waals surface area contributed by atoms with Crippen molar-refractivity contribution in [2.24, 2.45) is 0 Å². The number of nitrogens with one attached hydrogen (secondary N) is 1. The Morgan fingerprint density at radius 3 is 2.34 bits per heavy atom. The summed E-state index contributed by atoms with van der Waals surface area (Å²) in [5, 5.41) is 3.25. The molecule has 1 heterocycles. The van der Waals surface area contributed by atoms with Crippen LogP contribution in [0, 0.1) is 13.8 Å². The van der Waals surface area contributed by atoms with E-state index < -0.39 is 10.0 Å². The normalized spacial score (nSPS) is 16.6. The van der Waals surface area contributed by atoms with Crippen LogP contribution in [0.4, 0.5) is 0 Å². The number of rotatable bonds is 6. The number of hydrogen-bond donors (Lipinski definition) is 1. The molecule has 1 atom stereocenters. The molecule has 0 spiro atoms. The van der Waals surface area contributed by atoms with Crippen LogP contribution < -0.4 is 5.32 Å². The molecule has 0 bridgehead atoms. The van der Waals surface area contributed by atoms with E-state index in [-0.39, 0.29) is 18.5 Å². The number of sulfonamides is 1. The summed E-state index contributed by atoms with van der Waals surface area (Å²) in [6, 6.07) is 15.5. The van der Waals surface area contributed by atoms with E-state index in [1.165, 1.54) is 4.31 Å². The van der Waals surface area contributed by atoms with Crippen LogP contribution in [0.2, 0.25) is 0 Å². The van der Waals surface area contributed by atoms with Crippen molar-refractivity contribution in [2.75, 3.05) is 32.7 Å². The van der Waals surface area contributed by atoms with Crippen molar-refractivity contribution in [2.45, 2.75) is 31.7 Å². The van der Waals surface area contributed by atoms with Crippen LogP contribution in [-0.4, -0.2) is 56.3 Å². The van der Waals surface area contributed by atoms with Crippen molar-refractivity contribution in [3.05, 3.63) is 65.2 Å². The average Bonchev–Trinajstić information content (AvgIpc) is 2.74. The maximum atomic E-state index is 13.0. The van der Waals surface area contributed by atoms with Gasteiger partial charge in [-0.2, -0.15) is 4.31 Å². The van der Waals surface area contributed by atoms with Gasteiger partial charge in [-0.1, -0.05) is 42.5 Å². The lowest BCUT2D eigenvalue weighted by atomic mass is 10.1. The number of piperazine rings is 1. The van der Waals surface area contributed by atoms with Crippen molar-refractivity contribution in [1.82, 2.24) is 14.5 Å². The Hall–Kier alpha value is -2.22. The second-order valence-corrected chi connectivity index (χ2v) is 9.47. The van der Waals surface area contributed by atoms with Crippen LogP contribution in [0.1, 0.15) is 29.7 Å². The highest BCUT2D eigenvalue weighted by Gasteiger charge is 2.31. The number of amides is 1. The van der Waals surface area contributed by atoms with Crippen LogP contribution in [0.5, 0.6) is 0 Å². The van der Waals surface area contributed by atoms with E-state index in [0.717, 1.165) is 16.7 Å². The lowest BCUT2D eigenvalue weighted by molar-refractivity contribution is -0.131. The highest BCUT2D eigenvalue weighted by atomic mass is 32.2. The Balaban J connectivity index is 1.56. The zero-order valence-corrected chi connectivity index (χ0v) is 18.1. The molecule has 29 heavy (non-hydrogen) atoms. The Kier molecular flexibility index (Phi) is 6.72. The van der Waals surface area contributed by atoms with Crippen molar-refractivity contribution in [3.8, 4) is 0 Å². The largest absolute Gasteiger partial charge is 0.339 e. The maximum Gasteiger partial charge on any atom is 0.243 e. The van der Waals surface area contributed by atoms with Gasteiger partial charge in [-0.15, -0.1) is 0 Å². The molecule has 1 N–H and O–H groups in total. The van der Waals surface area contributed by atoms with E-state index in [9.17, 15) is 13.2 Å². The second-order valence-electron chi connectivity index (χ2n) is 7.57. The third-order valence-corrected chi connectivity index (χ3v) is 7.45. The number of carbonyl (C=O) groups excluding carboxylic acids is 1. The molecule has 6 nitrogen and oxygen atoms in total. The van der Waals surface area contributed by atoms with Gasteiger partial charge in [0, 0.05) is 32.2 Å². The number of hydrogen-bond acceptors (Lipinski definition) is 4. The number of nitrogens with zero attached hydrogens (tertiary/aromatic N) is 2. The van der Waals surface area contributed by atoms with Gasteiger partial charge < -0.3 is 10.2 Å². The minimum atomic E-state index is -3.55. The zero-order chi connectivity index (χ0) is 21.0. The van der Waals surface area contributed by atoms with Gasteiger partial charge in [-0.3, -0.25) is 4.79 Å². The van der Waals surface area contributed by atoms with E-state index >= 15 is 0 Å². The van der Waals surface area contributed by atoms with E-state index in [1.54, 1.807) is 11.0 Å². The number of carbonyl (C=O) groups is 1. The molecule has 0 unspecified atom stereocenters. The van der Waals surface area contributed by atoms with Gasteiger partial charge in [-0.25, -0.2) is 8.42 Å². The van der Waals surface area contributed by atoms with Crippen LogP contribution in [-0.2, 0) is 14.8 Å². The molecular weight excluding hydrogens is 386 g/mol. The molecule has 0 saturated carbocycles. The molecule has 1 aliphatic rings. The first kappa shape index (κ1) is 21.5. The molecular formula is C22H29N3O3S. The minimum absolute atomic E-state index is 0.00318. The fourth-order valence-corrected chi connectivity index (χ4v) is 5.25. The third-order valence-electron chi connectivity index (χ3n) is 5.41. The van der Waals surface area contributed by atoms with Crippen LogP contribution >= 0.6 is 0 Å². The van der Waals surface area contributed by atoms with Crippen molar-refractivity contribution < 1.29 is 13.2 Å². The fourth-order valence-electron chi connectivity index (χ4n) is 3.51. The Labute approximate surface area is 173 Å². The topological polar surface area (TPSA) is 69.7 Å². The molecule has 2 aromatic carbocycles. The molecule has 2 aromatic rings. The van der Waals surface area contributed by atoms with E-state index in [0.29, 0.717) is 31.1 Å². The molecule has 1 aliphatic heterocycles. The third kappa shape index (κ3) is 5.04. The summed E-state index contributed by atoms with van der Waals surface area (Å²) in [5.74, 6) is -0.00318. The van der Waals surface area contributed by atoms with Crippen LogP contribution in [0.3, 0.4) is 0 Å². The molecule has 1 fully saturated rings. The number of benzene rings is 2. The Bertz CT molecular complexity index is 953. The molecule has 1 amide bonds. The second kappa shape index (κ2) is 9.07. The Morgan fingerprint density at radius 1 is 1.03 bits per heavy atom. The maximum absolute atomic E-state index is 13.0. The van der Waals surface area contributed by atoms with E-state index in [4.69, 9.17) is 0 Å². The molecule has 1 saturated heterocycles. The first-order valence-corrected chi connectivity index (χ1v) is 11.4. The summed E-state index contributed by atoms with van der Waals surface area (Å²) in [7, 11) is -3.55. The summed E-state index contributed by atoms with van der Waals surface area (Å²) in [6.45, 7) is 7.40. The predicted octanol–water partition coefficient (Wildman–Crippen LogP) is 2.49. The lowest BCUT2D eigenvalue weighted by Crippen LogP contribution is -2.52. The van der Waals surface area contributed by atoms with E-state index in [1.807, 2.05) is 63.2 Å². The summed E-state index contributed by atoms with van der Waals surface area (Å²) in [5.41, 5.74) is 2.79. The minimum Gasteiger partial charge on any atom is -0.339 e. The van der Waals surface area contributed by atoms with Crippen LogP contribution in [0.15, 0.2) is 53.4 Å². The fraction of sp³-hybridized carbons (Fsp3) is 0.409. The predicted molar refractivity (Wildman–Crippen MR) is 114 cm³/mol.